The average molecular weight is 385 g/mol. The number of aromatic nitrogens is 2. The second kappa shape index (κ2) is 8.46. The first-order valence-electron chi connectivity index (χ1n) is 8.22. The van der Waals surface area contributed by atoms with Gasteiger partial charge in [0.15, 0.2) is 0 Å². The van der Waals surface area contributed by atoms with E-state index in [2.05, 4.69) is 20.8 Å². The lowest BCUT2D eigenvalue weighted by Crippen LogP contribution is -2.29. The molecule has 0 saturated heterocycles. The fraction of sp³-hybridized carbons (Fsp3) is 0.158. The molecule has 2 amide bonds. The van der Waals surface area contributed by atoms with E-state index in [1.165, 1.54) is 6.92 Å². The minimum absolute atomic E-state index is 0.0143. The summed E-state index contributed by atoms with van der Waals surface area (Å²) in [5.41, 5.74) is 1.52. The Balaban J connectivity index is 1.67. The number of nitrogens with one attached hydrogen (secondary N) is 2. The molecule has 1 atom stereocenters. The van der Waals surface area contributed by atoms with Gasteiger partial charge in [-0.05, 0) is 29.8 Å². The van der Waals surface area contributed by atoms with Gasteiger partial charge >= 0.3 is 6.01 Å². The number of halogens is 1. The van der Waals surface area contributed by atoms with E-state index in [4.69, 9.17) is 16.0 Å². The molecule has 0 fully saturated rings. The Bertz CT molecular complexity index is 926. The number of carbonyl (C=O) groups is 2. The molecule has 2 N–H and O–H groups in total. The van der Waals surface area contributed by atoms with Crippen LogP contribution in [0.5, 0.6) is 0 Å². The van der Waals surface area contributed by atoms with Crippen molar-refractivity contribution in [3.8, 4) is 11.5 Å². The minimum atomic E-state index is -0.456. The van der Waals surface area contributed by atoms with Gasteiger partial charge in [-0.3, -0.25) is 14.9 Å². The zero-order valence-corrected chi connectivity index (χ0v) is 15.2. The maximum Gasteiger partial charge on any atom is 0.322 e. The lowest BCUT2D eigenvalue weighted by molar-refractivity contribution is -0.120. The van der Waals surface area contributed by atoms with Crippen LogP contribution >= 0.6 is 11.6 Å². The van der Waals surface area contributed by atoms with Crippen molar-refractivity contribution in [1.29, 1.82) is 0 Å². The molecule has 0 aliphatic carbocycles. The second-order valence-electron chi connectivity index (χ2n) is 5.84. The Labute approximate surface area is 160 Å². The topological polar surface area (TPSA) is 97.1 Å². The van der Waals surface area contributed by atoms with Crippen molar-refractivity contribution in [3.63, 3.8) is 0 Å². The van der Waals surface area contributed by atoms with Crippen LogP contribution in [-0.4, -0.2) is 22.0 Å². The van der Waals surface area contributed by atoms with Gasteiger partial charge in [-0.15, -0.1) is 5.10 Å². The number of carbonyl (C=O) groups excluding carboxylic acids is 2. The maximum atomic E-state index is 12.4. The molecule has 1 aromatic heterocycles. The largest absolute Gasteiger partial charge is 0.403 e. The number of nitrogens with zero attached hydrogens (tertiary/aromatic N) is 2. The minimum Gasteiger partial charge on any atom is -0.403 e. The van der Waals surface area contributed by atoms with Crippen LogP contribution < -0.4 is 10.6 Å². The predicted octanol–water partition coefficient (Wildman–Crippen LogP) is 3.60. The molecule has 0 bridgehead atoms. The van der Waals surface area contributed by atoms with Crippen LogP contribution in [0.3, 0.4) is 0 Å². The van der Waals surface area contributed by atoms with Crippen LogP contribution in [0.4, 0.5) is 6.01 Å². The molecule has 138 valence electrons. The molecule has 0 saturated carbocycles. The smallest absolute Gasteiger partial charge is 0.322 e. The molecule has 0 aliphatic rings. The van der Waals surface area contributed by atoms with Gasteiger partial charge in [-0.1, -0.05) is 47.0 Å². The lowest BCUT2D eigenvalue weighted by Gasteiger charge is -2.17. The van der Waals surface area contributed by atoms with Gasteiger partial charge in [0.05, 0.1) is 12.5 Å². The number of hydrogen-bond acceptors (Lipinski definition) is 5. The third-order valence-corrected chi connectivity index (χ3v) is 3.98. The van der Waals surface area contributed by atoms with E-state index >= 15 is 0 Å². The maximum absolute atomic E-state index is 12.4. The van der Waals surface area contributed by atoms with Crippen molar-refractivity contribution in [2.75, 3.05) is 5.32 Å². The summed E-state index contributed by atoms with van der Waals surface area (Å²) in [5.74, 6) is -0.313. The van der Waals surface area contributed by atoms with Gasteiger partial charge in [0.25, 0.3) is 0 Å². The Morgan fingerprint density at radius 2 is 1.78 bits per heavy atom. The molecule has 3 aromatic rings. The fourth-order valence-electron chi connectivity index (χ4n) is 2.52. The molecule has 7 nitrogen and oxygen atoms in total. The normalized spacial score (nSPS) is 11.6. The van der Waals surface area contributed by atoms with Gasteiger partial charge < -0.3 is 9.73 Å². The first-order valence-corrected chi connectivity index (χ1v) is 8.60. The Kier molecular flexibility index (Phi) is 5.83. The summed E-state index contributed by atoms with van der Waals surface area (Å²) < 4.78 is 5.46. The average Bonchev–Trinajstić information content (AvgIpc) is 3.10. The Morgan fingerprint density at radius 1 is 1.07 bits per heavy atom. The van der Waals surface area contributed by atoms with E-state index in [1.54, 1.807) is 24.3 Å². The van der Waals surface area contributed by atoms with Crippen LogP contribution in [-0.2, 0) is 9.59 Å². The number of rotatable bonds is 6. The van der Waals surface area contributed by atoms with E-state index in [9.17, 15) is 9.59 Å². The second-order valence-corrected chi connectivity index (χ2v) is 6.27. The van der Waals surface area contributed by atoms with Crippen LogP contribution in [0.1, 0.15) is 24.9 Å². The van der Waals surface area contributed by atoms with E-state index in [0.29, 0.717) is 10.6 Å². The number of hydrogen-bond donors (Lipinski definition) is 2. The molecule has 0 aliphatic heterocycles. The van der Waals surface area contributed by atoms with E-state index in [1.807, 2.05) is 30.3 Å². The Hall–Kier alpha value is -3.19. The van der Waals surface area contributed by atoms with Gasteiger partial charge in [-0.25, -0.2) is 0 Å². The summed E-state index contributed by atoms with van der Waals surface area (Å²) in [7, 11) is 0. The summed E-state index contributed by atoms with van der Waals surface area (Å²) in [6, 6.07) is 15.7. The summed E-state index contributed by atoms with van der Waals surface area (Å²) in [6.07, 6.45) is 0.0300. The van der Waals surface area contributed by atoms with E-state index in [0.717, 1.165) is 5.56 Å². The first kappa shape index (κ1) is 18.6. The van der Waals surface area contributed by atoms with Crippen molar-refractivity contribution in [2.24, 2.45) is 0 Å². The summed E-state index contributed by atoms with van der Waals surface area (Å²) in [4.78, 5) is 23.8. The SMILES string of the molecule is CC(=O)N[C@H](CC(=O)Nc1nnc(-c2ccc(Cl)cc2)o1)c1ccccc1. The zero-order chi connectivity index (χ0) is 19.2. The molecule has 8 heteroatoms. The summed E-state index contributed by atoms with van der Waals surface area (Å²) in [5, 5.41) is 13.7. The molecule has 3 rings (SSSR count). The van der Waals surface area contributed by atoms with Crippen LogP contribution in [0.25, 0.3) is 11.5 Å². The fourth-order valence-corrected chi connectivity index (χ4v) is 2.65. The molecular formula is C19H17ClN4O3. The predicted molar refractivity (Wildman–Crippen MR) is 101 cm³/mol. The molecule has 2 aromatic carbocycles. The van der Waals surface area contributed by atoms with Crippen molar-refractivity contribution in [2.45, 2.75) is 19.4 Å². The lowest BCUT2D eigenvalue weighted by atomic mass is 10.0. The standard InChI is InChI=1S/C19H17ClN4O3/c1-12(25)21-16(13-5-3-2-4-6-13)11-17(26)22-19-24-23-18(27-19)14-7-9-15(20)10-8-14/h2-10,16H,11H2,1H3,(H,21,25)(H,22,24,26)/t16-/m1/s1. The molecule has 0 spiro atoms. The van der Waals surface area contributed by atoms with Crippen molar-refractivity contribution in [3.05, 3.63) is 65.2 Å². The van der Waals surface area contributed by atoms with E-state index in [-0.39, 0.29) is 30.1 Å². The monoisotopic (exact) mass is 384 g/mol. The van der Waals surface area contributed by atoms with Gasteiger partial charge in [0, 0.05) is 17.5 Å². The number of amides is 2. The molecule has 0 unspecified atom stereocenters. The van der Waals surface area contributed by atoms with Gasteiger partial charge in [-0.2, -0.15) is 0 Å². The van der Waals surface area contributed by atoms with Gasteiger partial charge in [0.2, 0.25) is 17.7 Å². The van der Waals surface area contributed by atoms with Crippen molar-refractivity contribution in [1.82, 2.24) is 15.5 Å². The molecule has 27 heavy (non-hydrogen) atoms. The number of anilines is 1. The van der Waals surface area contributed by atoms with Crippen molar-refractivity contribution < 1.29 is 14.0 Å². The molecule has 0 radical (unpaired) electrons. The quantitative estimate of drug-likeness (QED) is 0.676. The Morgan fingerprint density at radius 3 is 2.44 bits per heavy atom. The van der Waals surface area contributed by atoms with E-state index < -0.39 is 6.04 Å². The first-order chi connectivity index (χ1) is 13.0. The third kappa shape index (κ3) is 5.15. The highest BCUT2D eigenvalue weighted by atomic mass is 35.5. The number of benzene rings is 2. The third-order valence-electron chi connectivity index (χ3n) is 3.73. The molecule has 1 heterocycles. The summed E-state index contributed by atoms with van der Waals surface area (Å²) >= 11 is 5.85. The highest BCUT2D eigenvalue weighted by molar-refractivity contribution is 6.30. The van der Waals surface area contributed by atoms with Crippen LogP contribution in [0.2, 0.25) is 5.02 Å². The highest BCUT2D eigenvalue weighted by Gasteiger charge is 2.19. The highest BCUT2D eigenvalue weighted by Crippen LogP contribution is 2.22. The van der Waals surface area contributed by atoms with Crippen molar-refractivity contribution >= 4 is 29.4 Å². The van der Waals surface area contributed by atoms with Crippen LogP contribution in [0.15, 0.2) is 59.0 Å². The van der Waals surface area contributed by atoms with Crippen LogP contribution in [0, 0.1) is 0 Å². The zero-order valence-electron chi connectivity index (χ0n) is 14.5. The molecular weight excluding hydrogens is 368 g/mol. The van der Waals surface area contributed by atoms with Gasteiger partial charge in [0.1, 0.15) is 0 Å². The summed E-state index contributed by atoms with van der Waals surface area (Å²) in [6.45, 7) is 1.41.